The maximum Gasteiger partial charge on any atom is 0.417 e. The molecule has 0 amide bonds. The molecule has 3 nitrogen and oxygen atoms in total. The third kappa shape index (κ3) is 4.57. The van der Waals surface area contributed by atoms with Crippen LogP contribution in [0.3, 0.4) is 0 Å². The first-order valence-corrected chi connectivity index (χ1v) is 15.8. The van der Waals surface area contributed by atoms with Crippen LogP contribution in [0.15, 0.2) is 109 Å². The van der Waals surface area contributed by atoms with Crippen LogP contribution in [0, 0.1) is 39.0 Å². The topological polar surface area (TPSA) is 33.6 Å². The van der Waals surface area contributed by atoms with Crippen LogP contribution in [0.5, 0.6) is 0 Å². The van der Waals surface area contributed by atoms with Gasteiger partial charge in [-0.1, -0.05) is 60.7 Å². The molecule has 0 fully saturated rings. The van der Waals surface area contributed by atoms with E-state index < -0.39 is 11.7 Å². The number of aryl methyl sites for hydroxylation is 4. The summed E-state index contributed by atoms with van der Waals surface area (Å²) in [5.74, 6) is 0. The SMILES string of the molecule is Cc1ccc2c3ccc(C)cc3n(-c3cc(-c4cccc(C#N)c4)c(C(F)(F)F)cc3-n3c4cc(C)ccc4c4ccc(C)cc43)c2c1. The Balaban J connectivity index is 1.63. The van der Waals surface area contributed by atoms with E-state index in [4.69, 9.17) is 0 Å². The van der Waals surface area contributed by atoms with E-state index in [0.717, 1.165) is 65.9 Å². The highest BCUT2D eigenvalue weighted by atomic mass is 19.4. The number of halogens is 3. The van der Waals surface area contributed by atoms with Gasteiger partial charge in [-0.3, -0.25) is 0 Å². The molecule has 0 aliphatic heterocycles. The van der Waals surface area contributed by atoms with Crippen LogP contribution in [0.25, 0.3) is 66.1 Å². The fourth-order valence-corrected chi connectivity index (χ4v) is 7.16. The molecule has 234 valence electrons. The smallest absolute Gasteiger partial charge is 0.307 e. The molecule has 0 aliphatic carbocycles. The van der Waals surface area contributed by atoms with Gasteiger partial charge in [0.15, 0.2) is 0 Å². The van der Waals surface area contributed by atoms with Crippen molar-refractivity contribution in [3.05, 3.63) is 143 Å². The number of nitriles is 1. The molecule has 8 aromatic rings. The minimum absolute atomic E-state index is 0.0155. The molecular formula is C42H30F3N3. The molecule has 0 N–H and O–H groups in total. The highest BCUT2D eigenvalue weighted by Crippen LogP contribution is 2.45. The van der Waals surface area contributed by atoms with E-state index in [1.165, 1.54) is 12.1 Å². The quantitative estimate of drug-likeness (QED) is 0.191. The second-order valence-corrected chi connectivity index (χ2v) is 12.8. The molecule has 0 bridgehead atoms. The molecule has 2 heterocycles. The second kappa shape index (κ2) is 10.6. The van der Waals surface area contributed by atoms with Gasteiger partial charge in [-0.15, -0.1) is 0 Å². The summed E-state index contributed by atoms with van der Waals surface area (Å²) in [5, 5.41) is 13.6. The summed E-state index contributed by atoms with van der Waals surface area (Å²) in [5.41, 5.74) is 8.48. The number of benzene rings is 6. The third-order valence-corrected chi connectivity index (χ3v) is 9.36. The number of rotatable bonds is 3. The van der Waals surface area contributed by atoms with Crippen LogP contribution in [0.4, 0.5) is 13.2 Å². The Morgan fingerprint density at radius 2 is 0.938 bits per heavy atom. The van der Waals surface area contributed by atoms with Crippen LogP contribution >= 0.6 is 0 Å². The molecule has 0 atom stereocenters. The van der Waals surface area contributed by atoms with Crippen molar-refractivity contribution in [1.82, 2.24) is 9.13 Å². The van der Waals surface area contributed by atoms with E-state index >= 15 is 13.2 Å². The lowest BCUT2D eigenvalue weighted by molar-refractivity contribution is -0.137. The number of hydrogen-bond acceptors (Lipinski definition) is 1. The van der Waals surface area contributed by atoms with E-state index in [9.17, 15) is 5.26 Å². The van der Waals surface area contributed by atoms with Crippen molar-refractivity contribution in [1.29, 1.82) is 5.26 Å². The molecule has 0 radical (unpaired) electrons. The predicted octanol–water partition coefficient (Wildman–Crippen LogP) is 11.7. The molecular weight excluding hydrogens is 603 g/mol. The van der Waals surface area contributed by atoms with Crippen molar-refractivity contribution in [2.45, 2.75) is 33.9 Å². The van der Waals surface area contributed by atoms with Gasteiger partial charge in [-0.2, -0.15) is 18.4 Å². The van der Waals surface area contributed by atoms with Gasteiger partial charge >= 0.3 is 6.18 Å². The van der Waals surface area contributed by atoms with Gasteiger partial charge in [0.1, 0.15) is 0 Å². The Morgan fingerprint density at radius 1 is 0.521 bits per heavy atom. The summed E-state index contributed by atoms with van der Waals surface area (Å²) >= 11 is 0. The van der Waals surface area contributed by atoms with Crippen molar-refractivity contribution in [2.24, 2.45) is 0 Å². The summed E-state index contributed by atoms with van der Waals surface area (Å²) in [6.45, 7) is 8.05. The highest BCUT2D eigenvalue weighted by Gasteiger charge is 2.36. The van der Waals surface area contributed by atoms with Crippen LogP contribution < -0.4 is 0 Å². The first kappa shape index (κ1) is 29.6. The van der Waals surface area contributed by atoms with Crippen LogP contribution in [0.1, 0.15) is 33.4 Å². The van der Waals surface area contributed by atoms with Crippen LogP contribution in [-0.4, -0.2) is 9.13 Å². The Hall–Kier alpha value is -5.80. The van der Waals surface area contributed by atoms with E-state index in [2.05, 4.69) is 59.2 Å². The van der Waals surface area contributed by atoms with Crippen molar-refractivity contribution in [3.63, 3.8) is 0 Å². The highest BCUT2D eigenvalue weighted by molar-refractivity contribution is 6.12. The maximum absolute atomic E-state index is 15.3. The first-order chi connectivity index (χ1) is 23.0. The van der Waals surface area contributed by atoms with E-state index in [-0.39, 0.29) is 5.56 Å². The van der Waals surface area contributed by atoms with Gasteiger partial charge in [0.05, 0.1) is 50.6 Å². The first-order valence-electron chi connectivity index (χ1n) is 15.8. The van der Waals surface area contributed by atoms with Crippen molar-refractivity contribution >= 4 is 43.6 Å². The lowest BCUT2D eigenvalue weighted by atomic mass is 9.95. The average molecular weight is 634 g/mol. The van der Waals surface area contributed by atoms with Gasteiger partial charge in [-0.25, -0.2) is 0 Å². The number of aromatic nitrogens is 2. The molecule has 48 heavy (non-hydrogen) atoms. The Labute approximate surface area is 275 Å². The van der Waals surface area contributed by atoms with E-state index in [1.54, 1.807) is 24.3 Å². The summed E-state index contributed by atoms with van der Waals surface area (Å²) < 4.78 is 50.0. The second-order valence-electron chi connectivity index (χ2n) is 12.8. The van der Waals surface area contributed by atoms with Crippen molar-refractivity contribution < 1.29 is 13.2 Å². The third-order valence-electron chi connectivity index (χ3n) is 9.36. The van der Waals surface area contributed by atoms with Gasteiger partial charge in [0.25, 0.3) is 0 Å². The zero-order chi connectivity index (χ0) is 33.5. The van der Waals surface area contributed by atoms with Gasteiger partial charge in [-0.05, 0) is 110 Å². The molecule has 8 rings (SSSR count). The van der Waals surface area contributed by atoms with Gasteiger partial charge in [0, 0.05) is 21.5 Å². The Morgan fingerprint density at radius 3 is 1.33 bits per heavy atom. The molecule has 0 aliphatic rings. The van der Waals surface area contributed by atoms with E-state index in [0.29, 0.717) is 22.5 Å². The van der Waals surface area contributed by atoms with Gasteiger partial charge in [0.2, 0.25) is 0 Å². The fraction of sp³-hybridized carbons (Fsp3) is 0.119. The summed E-state index contributed by atoms with van der Waals surface area (Å²) in [6, 6.07) is 36.3. The molecule has 0 saturated carbocycles. The Kier molecular flexibility index (Phi) is 6.54. The fourth-order valence-electron chi connectivity index (χ4n) is 7.16. The minimum atomic E-state index is -4.68. The standard InChI is InChI=1S/C42H30F3N3/c1-24-8-12-30-31-13-9-25(2)17-37(31)47(36(30)16-24)40-21-34(29-7-5-6-28(20-29)23-46)35(42(43,44)45)22-41(40)48-38-18-26(3)10-14-32(38)33-15-11-27(4)19-39(33)48/h5-22H,1-4H3. The lowest BCUT2D eigenvalue weighted by Gasteiger charge is -2.22. The number of alkyl halides is 3. The largest absolute Gasteiger partial charge is 0.417 e. The molecule has 6 heteroatoms. The molecule has 0 spiro atoms. The van der Waals surface area contributed by atoms with Crippen LogP contribution in [-0.2, 0) is 6.18 Å². The molecule has 6 aromatic carbocycles. The minimum Gasteiger partial charge on any atom is -0.307 e. The number of nitrogens with zero attached hydrogens (tertiary/aromatic N) is 3. The molecule has 0 saturated heterocycles. The van der Waals surface area contributed by atoms with Crippen molar-refractivity contribution in [2.75, 3.05) is 0 Å². The Bertz CT molecular complexity index is 2540. The molecule has 0 unspecified atom stereocenters. The predicted molar refractivity (Wildman–Crippen MR) is 189 cm³/mol. The van der Waals surface area contributed by atoms with Crippen LogP contribution in [0.2, 0.25) is 0 Å². The maximum atomic E-state index is 15.3. The summed E-state index contributed by atoms with van der Waals surface area (Å²) in [6.07, 6.45) is -4.68. The zero-order valence-corrected chi connectivity index (χ0v) is 26.9. The normalized spacial score (nSPS) is 12.0. The van der Waals surface area contributed by atoms with Crippen molar-refractivity contribution in [3.8, 4) is 28.6 Å². The number of hydrogen-bond donors (Lipinski definition) is 0. The van der Waals surface area contributed by atoms with E-state index in [1.807, 2.05) is 56.5 Å². The monoisotopic (exact) mass is 633 g/mol. The number of fused-ring (bicyclic) bond motifs is 6. The average Bonchev–Trinajstić information content (AvgIpc) is 3.53. The van der Waals surface area contributed by atoms with Gasteiger partial charge < -0.3 is 9.13 Å². The summed E-state index contributed by atoms with van der Waals surface area (Å²) in [7, 11) is 0. The molecule has 2 aromatic heterocycles. The summed E-state index contributed by atoms with van der Waals surface area (Å²) in [4.78, 5) is 0. The zero-order valence-electron chi connectivity index (χ0n) is 26.9. The lowest BCUT2D eigenvalue weighted by Crippen LogP contribution is -2.12.